The number of hydrogen-bond acceptors (Lipinski definition) is 4. The average Bonchev–Trinajstić information content (AvgIpc) is 2.79. The summed E-state index contributed by atoms with van der Waals surface area (Å²) in [5.41, 5.74) is 0.927. The molecule has 1 fully saturated rings. The van der Waals surface area contributed by atoms with Crippen LogP contribution in [0.15, 0.2) is 18.2 Å². The van der Waals surface area contributed by atoms with E-state index < -0.39 is 30.0 Å². The van der Waals surface area contributed by atoms with Gasteiger partial charge in [0.05, 0.1) is 18.7 Å². The van der Waals surface area contributed by atoms with E-state index in [9.17, 15) is 14.3 Å². The Morgan fingerprint density at radius 1 is 1.52 bits per heavy atom. The smallest absolute Gasteiger partial charge is 0.410 e. The monoisotopic (exact) mass is 324 g/mol. The number of pyridine rings is 1. The molecule has 2 rings (SSSR count). The third-order valence-corrected chi connectivity index (χ3v) is 3.73. The number of aliphatic hydroxyl groups is 1. The van der Waals surface area contributed by atoms with E-state index in [1.165, 1.54) is 4.90 Å². The first-order chi connectivity index (χ1) is 10.7. The lowest BCUT2D eigenvalue weighted by Crippen LogP contribution is -2.45. The number of rotatable bonds is 3. The molecular formula is C17H25FN2O3. The fourth-order valence-corrected chi connectivity index (χ4v) is 2.77. The predicted molar refractivity (Wildman–Crippen MR) is 84.9 cm³/mol. The Morgan fingerprint density at radius 2 is 2.22 bits per heavy atom. The maximum absolute atomic E-state index is 13.8. The fraction of sp³-hybridized carbons (Fsp3) is 0.647. The summed E-state index contributed by atoms with van der Waals surface area (Å²) in [6.07, 6.45) is -2.21. The highest BCUT2D eigenvalue weighted by atomic mass is 19.1. The summed E-state index contributed by atoms with van der Waals surface area (Å²) in [7, 11) is 0. The van der Waals surface area contributed by atoms with Gasteiger partial charge < -0.3 is 9.84 Å². The van der Waals surface area contributed by atoms with Crippen molar-refractivity contribution in [1.82, 2.24) is 9.88 Å². The van der Waals surface area contributed by atoms with Crippen molar-refractivity contribution in [3.8, 4) is 0 Å². The van der Waals surface area contributed by atoms with Crippen molar-refractivity contribution in [1.29, 1.82) is 0 Å². The number of ether oxygens (including phenoxy) is 1. The maximum atomic E-state index is 13.8. The van der Waals surface area contributed by atoms with Crippen LogP contribution >= 0.6 is 0 Å². The zero-order valence-electron chi connectivity index (χ0n) is 14.1. The molecule has 0 aliphatic carbocycles. The number of amides is 1. The number of halogens is 1. The summed E-state index contributed by atoms with van der Waals surface area (Å²) in [6, 6.07) is 4.95. The molecular weight excluding hydrogens is 299 g/mol. The molecule has 1 aliphatic heterocycles. The van der Waals surface area contributed by atoms with E-state index in [4.69, 9.17) is 4.74 Å². The van der Waals surface area contributed by atoms with Gasteiger partial charge in [0, 0.05) is 24.2 Å². The van der Waals surface area contributed by atoms with Crippen LogP contribution in [-0.2, 0) is 11.2 Å². The van der Waals surface area contributed by atoms with Gasteiger partial charge in [0.1, 0.15) is 11.8 Å². The van der Waals surface area contributed by atoms with Crippen LogP contribution in [0, 0.1) is 6.92 Å². The van der Waals surface area contributed by atoms with Crippen LogP contribution in [0.4, 0.5) is 9.18 Å². The second kappa shape index (κ2) is 6.83. The van der Waals surface area contributed by atoms with E-state index in [2.05, 4.69) is 4.98 Å². The standard InChI is InChI=1S/C17H25FN2O3/c1-11-6-5-7-13(19-11)9-15(21)14-8-12(18)10-20(14)16(22)23-17(2,3)4/h5-7,12,14-15,21H,8-10H2,1-4H3/t12-,14-,15?/m1/s1. The van der Waals surface area contributed by atoms with E-state index in [1.807, 2.05) is 25.1 Å². The number of alkyl halides is 1. The highest BCUT2D eigenvalue weighted by molar-refractivity contribution is 5.69. The number of carbonyl (C=O) groups is 1. The Kier molecular flexibility index (Phi) is 5.24. The molecule has 1 aliphatic rings. The number of carbonyl (C=O) groups excluding carboxylic acids is 1. The average molecular weight is 324 g/mol. The van der Waals surface area contributed by atoms with Crippen molar-refractivity contribution >= 4 is 6.09 Å². The van der Waals surface area contributed by atoms with Crippen molar-refractivity contribution in [2.75, 3.05) is 6.54 Å². The molecule has 0 bridgehead atoms. The van der Waals surface area contributed by atoms with E-state index in [0.717, 1.165) is 11.4 Å². The molecule has 0 aromatic carbocycles. The van der Waals surface area contributed by atoms with Crippen LogP contribution < -0.4 is 0 Å². The zero-order chi connectivity index (χ0) is 17.2. The van der Waals surface area contributed by atoms with Crippen molar-refractivity contribution in [2.45, 2.75) is 64.5 Å². The fourth-order valence-electron chi connectivity index (χ4n) is 2.77. The third-order valence-electron chi connectivity index (χ3n) is 3.73. The Morgan fingerprint density at radius 3 is 2.83 bits per heavy atom. The molecule has 23 heavy (non-hydrogen) atoms. The lowest BCUT2D eigenvalue weighted by molar-refractivity contribution is 0.00497. The quantitative estimate of drug-likeness (QED) is 0.928. The molecule has 5 nitrogen and oxygen atoms in total. The molecule has 0 saturated carbocycles. The summed E-state index contributed by atoms with van der Waals surface area (Å²) in [6.45, 7) is 7.11. The molecule has 3 atom stereocenters. The van der Waals surface area contributed by atoms with Crippen LogP contribution in [-0.4, -0.2) is 51.5 Å². The van der Waals surface area contributed by atoms with Crippen LogP contribution in [0.25, 0.3) is 0 Å². The second-order valence-corrected chi connectivity index (χ2v) is 7.07. The molecule has 1 amide bonds. The number of hydrogen-bond donors (Lipinski definition) is 1. The molecule has 0 radical (unpaired) electrons. The van der Waals surface area contributed by atoms with E-state index in [0.29, 0.717) is 0 Å². The van der Waals surface area contributed by atoms with Gasteiger partial charge in [-0.3, -0.25) is 9.88 Å². The first-order valence-corrected chi connectivity index (χ1v) is 7.90. The number of aromatic nitrogens is 1. The Labute approximate surface area is 136 Å². The minimum Gasteiger partial charge on any atom is -0.444 e. The minimum absolute atomic E-state index is 0.0438. The van der Waals surface area contributed by atoms with Crippen LogP contribution in [0.1, 0.15) is 38.6 Å². The zero-order valence-corrected chi connectivity index (χ0v) is 14.1. The number of aliphatic hydroxyl groups excluding tert-OH is 1. The van der Waals surface area contributed by atoms with Gasteiger partial charge in [0.2, 0.25) is 0 Å². The van der Waals surface area contributed by atoms with Gasteiger partial charge in [0.25, 0.3) is 0 Å². The van der Waals surface area contributed by atoms with Crippen LogP contribution in [0.2, 0.25) is 0 Å². The first kappa shape index (κ1) is 17.7. The van der Waals surface area contributed by atoms with Gasteiger partial charge in [-0.05, 0) is 39.8 Å². The number of nitrogens with zero attached hydrogens (tertiary/aromatic N) is 2. The van der Waals surface area contributed by atoms with Crippen molar-refractivity contribution in [2.24, 2.45) is 0 Å². The third kappa shape index (κ3) is 4.89. The summed E-state index contributed by atoms with van der Waals surface area (Å²) in [5, 5.41) is 10.5. The molecule has 1 saturated heterocycles. The molecule has 1 aromatic heterocycles. The number of likely N-dealkylation sites (tertiary alicyclic amines) is 1. The molecule has 1 N–H and O–H groups in total. The lowest BCUT2D eigenvalue weighted by atomic mass is 10.0. The van der Waals surface area contributed by atoms with Gasteiger partial charge in [-0.2, -0.15) is 0 Å². The highest BCUT2D eigenvalue weighted by Crippen LogP contribution is 2.26. The number of aryl methyl sites for hydroxylation is 1. The summed E-state index contributed by atoms with van der Waals surface area (Å²) in [4.78, 5) is 17.9. The molecule has 6 heteroatoms. The van der Waals surface area contributed by atoms with Crippen LogP contribution in [0.3, 0.4) is 0 Å². The van der Waals surface area contributed by atoms with E-state index in [-0.39, 0.29) is 19.4 Å². The van der Waals surface area contributed by atoms with E-state index >= 15 is 0 Å². The normalized spacial score (nSPS) is 23.0. The SMILES string of the molecule is Cc1cccc(CC(O)[C@H]2C[C@@H](F)CN2C(=O)OC(C)(C)C)n1. The predicted octanol–water partition coefficient (Wildman–Crippen LogP) is 2.64. The van der Waals surface area contributed by atoms with Gasteiger partial charge in [0.15, 0.2) is 0 Å². The van der Waals surface area contributed by atoms with E-state index in [1.54, 1.807) is 20.8 Å². The molecule has 1 unspecified atom stereocenters. The minimum atomic E-state index is -1.15. The van der Waals surface area contributed by atoms with Gasteiger partial charge in [-0.15, -0.1) is 0 Å². The second-order valence-electron chi connectivity index (χ2n) is 7.07. The highest BCUT2D eigenvalue weighted by Gasteiger charge is 2.41. The molecule has 128 valence electrons. The van der Waals surface area contributed by atoms with Gasteiger partial charge in [-0.25, -0.2) is 9.18 Å². The van der Waals surface area contributed by atoms with Crippen molar-refractivity contribution in [3.05, 3.63) is 29.6 Å². The Hall–Kier alpha value is -1.69. The topological polar surface area (TPSA) is 62.7 Å². The summed E-state index contributed by atoms with van der Waals surface area (Å²) < 4.78 is 19.1. The first-order valence-electron chi connectivity index (χ1n) is 7.90. The van der Waals surface area contributed by atoms with Gasteiger partial charge in [-0.1, -0.05) is 6.07 Å². The van der Waals surface area contributed by atoms with Gasteiger partial charge >= 0.3 is 6.09 Å². The molecule has 2 heterocycles. The summed E-state index contributed by atoms with van der Waals surface area (Å²) in [5.74, 6) is 0. The Bertz CT molecular complexity index is 559. The summed E-state index contributed by atoms with van der Waals surface area (Å²) >= 11 is 0. The lowest BCUT2D eigenvalue weighted by Gasteiger charge is -2.30. The van der Waals surface area contributed by atoms with Crippen LogP contribution in [0.5, 0.6) is 0 Å². The van der Waals surface area contributed by atoms with Crippen molar-refractivity contribution in [3.63, 3.8) is 0 Å². The molecule has 1 aromatic rings. The largest absolute Gasteiger partial charge is 0.444 e. The van der Waals surface area contributed by atoms with Crippen molar-refractivity contribution < 1.29 is 19.0 Å². The Balaban J connectivity index is 2.07. The molecule has 0 spiro atoms. The maximum Gasteiger partial charge on any atom is 0.410 e.